The van der Waals surface area contributed by atoms with Gasteiger partial charge in [0.15, 0.2) is 0 Å². The average Bonchev–Trinajstić information content (AvgIpc) is 3.01. The molecular weight excluding hydrogens is 441 g/mol. The number of nitrogens with zero attached hydrogens (tertiary/aromatic N) is 2. The predicted molar refractivity (Wildman–Crippen MR) is 102 cm³/mol. The summed E-state index contributed by atoms with van der Waals surface area (Å²) in [7, 11) is 0. The van der Waals surface area contributed by atoms with Crippen LogP contribution in [0.25, 0.3) is 0 Å². The number of hydrogen-bond donors (Lipinski definition) is 1. The highest BCUT2D eigenvalue weighted by Gasteiger charge is 2.43. The van der Waals surface area contributed by atoms with E-state index in [2.05, 4.69) is 21.0 Å². The maximum atomic E-state index is 13.0. The van der Waals surface area contributed by atoms with Crippen molar-refractivity contribution in [1.82, 2.24) is 0 Å². The Balaban J connectivity index is 1.82. The zero-order valence-corrected chi connectivity index (χ0v) is 16.3. The van der Waals surface area contributed by atoms with Crippen LogP contribution in [0.5, 0.6) is 11.5 Å². The second-order valence-corrected chi connectivity index (χ2v) is 7.27. The summed E-state index contributed by atoms with van der Waals surface area (Å²) in [5.74, 6) is -0.0271. The zero-order chi connectivity index (χ0) is 20.5. The van der Waals surface area contributed by atoms with Crippen LogP contribution < -0.4 is 9.75 Å². The fourth-order valence-corrected chi connectivity index (χ4v) is 3.36. The molecule has 0 spiro atoms. The molecule has 1 heterocycles. The first-order chi connectivity index (χ1) is 13.1. The molecule has 3 rings (SSSR count). The number of alkyl halides is 3. The monoisotopic (exact) mass is 456 g/mol. The Morgan fingerprint density at radius 3 is 2.54 bits per heavy atom. The molecule has 1 unspecified atom stereocenters. The van der Waals surface area contributed by atoms with Gasteiger partial charge in [0, 0.05) is 10.9 Å². The fraction of sp³-hybridized carbons (Fsp3) is 0.263. The number of benzene rings is 2. The Morgan fingerprint density at radius 1 is 1.29 bits per heavy atom. The van der Waals surface area contributed by atoms with E-state index in [4.69, 9.17) is 9.84 Å². The molecule has 2 aromatic carbocycles. The van der Waals surface area contributed by atoms with Crippen LogP contribution in [-0.2, 0) is 4.79 Å². The van der Waals surface area contributed by atoms with Gasteiger partial charge in [-0.3, -0.25) is 9.80 Å². The molecule has 1 N–H and O–H groups in total. The topological polar surface area (TPSA) is 62.1 Å². The van der Waals surface area contributed by atoms with Crippen LogP contribution >= 0.6 is 15.9 Å². The van der Waals surface area contributed by atoms with Crippen molar-refractivity contribution < 1.29 is 27.8 Å². The van der Waals surface area contributed by atoms with Gasteiger partial charge in [-0.1, -0.05) is 15.9 Å². The lowest BCUT2D eigenvalue weighted by Gasteiger charge is -2.22. The quantitative estimate of drug-likeness (QED) is 0.643. The number of carboxylic acid groups (broad SMARTS) is 1. The van der Waals surface area contributed by atoms with Crippen LogP contribution in [-0.4, -0.2) is 29.0 Å². The minimum Gasteiger partial charge on any atom is -0.481 e. The Kier molecular flexibility index (Phi) is 5.64. The van der Waals surface area contributed by atoms with Crippen molar-refractivity contribution in [2.75, 3.05) is 5.01 Å². The van der Waals surface area contributed by atoms with Gasteiger partial charge in [-0.05, 0) is 55.0 Å². The molecule has 0 saturated heterocycles. The van der Waals surface area contributed by atoms with Crippen LogP contribution in [0, 0.1) is 6.92 Å². The first kappa shape index (κ1) is 20.2. The van der Waals surface area contributed by atoms with Crippen molar-refractivity contribution in [3.05, 3.63) is 52.5 Å². The number of aliphatic carboxylic acids is 1. The van der Waals surface area contributed by atoms with Gasteiger partial charge in [0.25, 0.3) is 0 Å². The van der Waals surface area contributed by atoms with Gasteiger partial charge >= 0.3 is 12.1 Å². The van der Waals surface area contributed by atoms with E-state index in [0.29, 0.717) is 17.2 Å². The van der Waals surface area contributed by atoms with Crippen molar-refractivity contribution in [3.8, 4) is 11.5 Å². The van der Waals surface area contributed by atoms with Crippen LogP contribution in [0.3, 0.4) is 0 Å². The lowest BCUT2D eigenvalue weighted by molar-refractivity contribution is -0.137. The smallest absolute Gasteiger partial charge is 0.431 e. The molecule has 1 aliphatic rings. The lowest BCUT2D eigenvalue weighted by Crippen LogP contribution is -2.29. The Bertz CT molecular complexity index is 914. The summed E-state index contributed by atoms with van der Waals surface area (Å²) in [4.78, 5) is 11.0. The zero-order valence-electron chi connectivity index (χ0n) is 14.7. The van der Waals surface area contributed by atoms with Gasteiger partial charge in [-0.25, -0.2) is 0 Å². The number of halogens is 4. The van der Waals surface area contributed by atoms with E-state index < -0.39 is 36.7 Å². The molecule has 1 atom stereocenters. The molecule has 28 heavy (non-hydrogen) atoms. The molecule has 0 bridgehead atoms. The molecule has 0 saturated carbocycles. The minimum absolute atomic E-state index is 0.366. The lowest BCUT2D eigenvalue weighted by atomic mass is 10.1. The van der Waals surface area contributed by atoms with Crippen LogP contribution in [0.4, 0.5) is 18.9 Å². The highest BCUT2D eigenvalue weighted by Crippen LogP contribution is 2.34. The van der Waals surface area contributed by atoms with Gasteiger partial charge in [-0.2, -0.15) is 18.3 Å². The second-order valence-electron chi connectivity index (χ2n) is 6.35. The molecule has 148 valence electrons. The van der Waals surface area contributed by atoms with Crippen LogP contribution in [0.15, 0.2) is 52.0 Å². The third-order valence-electron chi connectivity index (χ3n) is 4.21. The van der Waals surface area contributed by atoms with Crippen LogP contribution in [0.1, 0.15) is 18.4 Å². The molecule has 0 amide bonds. The van der Waals surface area contributed by atoms with E-state index in [1.807, 2.05) is 19.1 Å². The van der Waals surface area contributed by atoms with Gasteiger partial charge in [-0.15, -0.1) is 0 Å². The first-order valence-corrected chi connectivity index (χ1v) is 9.12. The molecule has 9 heteroatoms. The van der Waals surface area contributed by atoms with E-state index in [0.717, 1.165) is 15.0 Å². The summed E-state index contributed by atoms with van der Waals surface area (Å²) in [6.45, 7) is 1.89. The molecule has 0 aliphatic carbocycles. The molecule has 0 fully saturated rings. The van der Waals surface area contributed by atoms with Gasteiger partial charge in [0.2, 0.25) is 0 Å². The number of rotatable bonds is 5. The largest absolute Gasteiger partial charge is 0.481 e. The van der Waals surface area contributed by atoms with Crippen molar-refractivity contribution in [2.45, 2.75) is 32.0 Å². The summed E-state index contributed by atoms with van der Waals surface area (Å²) >= 11 is 3.37. The van der Waals surface area contributed by atoms with E-state index in [9.17, 15) is 18.0 Å². The number of carbonyl (C=O) groups is 1. The Labute approximate surface area is 167 Å². The first-order valence-electron chi connectivity index (χ1n) is 8.33. The van der Waals surface area contributed by atoms with Gasteiger partial charge in [0.1, 0.15) is 17.2 Å². The van der Waals surface area contributed by atoms with Crippen LogP contribution in [0.2, 0.25) is 0 Å². The van der Waals surface area contributed by atoms with E-state index in [1.54, 1.807) is 30.3 Å². The molecule has 0 radical (unpaired) electrons. The van der Waals surface area contributed by atoms with E-state index >= 15 is 0 Å². The maximum Gasteiger partial charge on any atom is 0.431 e. The summed E-state index contributed by atoms with van der Waals surface area (Å²) in [6, 6.07) is 11.0. The molecular formula is C19H16BrF3N2O3. The van der Waals surface area contributed by atoms with Crippen molar-refractivity contribution in [2.24, 2.45) is 5.10 Å². The summed E-state index contributed by atoms with van der Waals surface area (Å²) < 4.78 is 45.7. The summed E-state index contributed by atoms with van der Waals surface area (Å²) in [5.41, 5.74) is 0.300. The van der Waals surface area contributed by atoms with E-state index in [-0.39, 0.29) is 0 Å². The highest BCUT2D eigenvalue weighted by molar-refractivity contribution is 9.10. The Morgan fingerprint density at radius 2 is 1.96 bits per heavy atom. The van der Waals surface area contributed by atoms with Crippen molar-refractivity contribution in [3.63, 3.8) is 0 Å². The normalized spacial score (nSPS) is 16.8. The molecule has 5 nitrogen and oxygen atoms in total. The molecule has 0 aromatic heterocycles. The summed E-state index contributed by atoms with van der Waals surface area (Å²) in [5, 5.41) is 13.7. The third kappa shape index (κ3) is 4.64. The standard InChI is InChI=1S/C19H16BrF3N2O3/c1-11-8-12(20)2-7-16(11)28-15-5-3-13(4-6-15)25-14(10-18(26)27)9-17(24-25)19(21,22)23/h2-8,14H,9-10H2,1H3,(H,26,27). The van der Waals surface area contributed by atoms with Crippen molar-refractivity contribution >= 4 is 33.3 Å². The van der Waals surface area contributed by atoms with E-state index in [1.165, 1.54) is 0 Å². The predicted octanol–water partition coefficient (Wildman–Crippen LogP) is 5.52. The number of ether oxygens (including phenoxy) is 1. The number of aryl methyl sites for hydroxylation is 1. The fourth-order valence-electron chi connectivity index (χ4n) is 2.88. The average molecular weight is 457 g/mol. The molecule has 1 aliphatic heterocycles. The maximum absolute atomic E-state index is 13.0. The second kappa shape index (κ2) is 7.83. The molecule has 2 aromatic rings. The third-order valence-corrected chi connectivity index (χ3v) is 4.70. The number of anilines is 1. The number of hydrogen-bond acceptors (Lipinski definition) is 4. The SMILES string of the molecule is Cc1cc(Br)ccc1Oc1ccc(N2N=C(C(F)(F)F)CC2CC(=O)O)cc1. The minimum atomic E-state index is -4.59. The number of hydrazone groups is 1. The van der Waals surface area contributed by atoms with Gasteiger partial charge in [0.05, 0.1) is 18.2 Å². The Hall–Kier alpha value is -2.55. The number of carboxylic acids is 1. The summed E-state index contributed by atoms with van der Waals surface area (Å²) in [6.07, 6.45) is -5.50. The van der Waals surface area contributed by atoms with Gasteiger partial charge < -0.3 is 9.84 Å². The van der Waals surface area contributed by atoms with Crippen molar-refractivity contribution in [1.29, 1.82) is 0 Å². The highest BCUT2D eigenvalue weighted by atomic mass is 79.9.